The number of halogens is 4. The van der Waals surface area contributed by atoms with Crippen LogP contribution in [0.3, 0.4) is 0 Å². The molecule has 0 fully saturated rings. The van der Waals surface area contributed by atoms with Gasteiger partial charge in [-0.3, -0.25) is 4.72 Å². The Hall–Kier alpha value is -2.86. The van der Waals surface area contributed by atoms with Gasteiger partial charge in [-0.1, -0.05) is 29.8 Å². The van der Waals surface area contributed by atoms with Crippen molar-refractivity contribution in [3.63, 3.8) is 0 Å². The number of sulfonamides is 1. The molecule has 4 rings (SSSR count). The maximum Gasteiger partial charge on any atom is 0.416 e. The third-order valence-electron chi connectivity index (χ3n) is 4.49. The molecule has 172 valence electrons. The van der Waals surface area contributed by atoms with Gasteiger partial charge in [0, 0.05) is 16.5 Å². The molecule has 3 aromatic carbocycles. The molecule has 1 atom stereocenters. The Bertz CT molecular complexity index is 1370. The van der Waals surface area contributed by atoms with Crippen LogP contribution in [0.15, 0.2) is 87.2 Å². The zero-order valence-corrected chi connectivity index (χ0v) is 18.8. The van der Waals surface area contributed by atoms with Gasteiger partial charge in [0.15, 0.2) is 4.90 Å². The average Bonchev–Trinajstić information content (AvgIpc) is 3.20. The van der Waals surface area contributed by atoms with Crippen molar-refractivity contribution in [1.82, 2.24) is 0 Å². The number of alkyl halides is 3. The number of benzene rings is 3. The fraction of sp³-hybridized carbons (Fsp3) is 0.0476. The van der Waals surface area contributed by atoms with Crippen LogP contribution in [0.2, 0.25) is 5.02 Å². The van der Waals surface area contributed by atoms with E-state index in [9.17, 15) is 26.1 Å². The maximum atomic E-state index is 12.9. The molecule has 0 saturated carbocycles. The predicted octanol–water partition coefficient (Wildman–Crippen LogP) is 6.04. The van der Waals surface area contributed by atoms with Gasteiger partial charge in [-0.25, -0.2) is 4.72 Å². The minimum atomic E-state index is -4.52. The highest BCUT2D eigenvalue weighted by molar-refractivity contribution is 7.93. The summed E-state index contributed by atoms with van der Waals surface area (Å²) in [5.41, 5.74) is -0.430. The molecule has 1 aromatic heterocycles. The van der Waals surface area contributed by atoms with Gasteiger partial charge in [0.2, 0.25) is 5.09 Å². The Balaban J connectivity index is 1.59. The first kappa shape index (κ1) is 23.3. The van der Waals surface area contributed by atoms with Gasteiger partial charge in [0.1, 0.15) is 22.6 Å². The van der Waals surface area contributed by atoms with Crippen LogP contribution in [0.25, 0.3) is 11.0 Å². The molecule has 0 aliphatic heterocycles. The van der Waals surface area contributed by atoms with Crippen LogP contribution in [0.5, 0.6) is 0 Å². The van der Waals surface area contributed by atoms with Gasteiger partial charge >= 0.3 is 6.18 Å². The topological polar surface area (TPSA) is 94.4 Å². The Kier molecular flexibility index (Phi) is 6.23. The smallest absolute Gasteiger partial charge is 0.416 e. The van der Waals surface area contributed by atoms with Crippen LogP contribution in [0.4, 0.5) is 24.5 Å². The zero-order chi connectivity index (χ0) is 23.8. The summed E-state index contributed by atoms with van der Waals surface area (Å²) in [6, 6.07) is 16.0. The van der Waals surface area contributed by atoms with Crippen molar-refractivity contribution < 1.29 is 30.6 Å². The summed E-state index contributed by atoms with van der Waals surface area (Å²) >= 11 is 4.01. The van der Waals surface area contributed by atoms with Crippen LogP contribution in [0, 0.1) is 0 Å². The third-order valence-corrected chi connectivity index (χ3v) is 7.05. The number of anilines is 2. The highest BCUT2D eigenvalue weighted by Crippen LogP contribution is 2.33. The summed E-state index contributed by atoms with van der Waals surface area (Å²) < 4.78 is 87.0. The van der Waals surface area contributed by atoms with Gasteiger partial charge in [-0.15, -0.1) is 0 Å². The lowest BCUT2D eigenvalue weighted by Crippen LogP contribution is -2.17. The van der Waals surface area contributed by atoms with E-state index >= 15 is 0 Å². The van der Waals surface area contributed by atoms with Crippen molar-refractivity contribution >= 4 is 55.3 Å². The summed E-state index contributed by atoms with van der Waals surface area (Å²) in [5.74, 6) is 0. The van der Waals surface area contributed by atoms with Crippen molar-refractivity contribution in [2.45, 2.75) is 16.2 Å². The van der Waals surface area contributed by atoms with Gasteiger partial charge in [0.05, 0.1) is 11.3 Å². The lowest BCUT2D eigenvalue weighted by atomic mass is 10.2. The molecule has 1 unspecified atom stereocenters. The molecule has 4 aromatic rings. The molecule has 0 aliphatic rings. The van der Waals surface area contributed by atoms with Crippen LogP contribution < -0.4 is 9.44 Å². The summed E-state index contributed by atoms with van der Waals surface area (Å²) in [7, 11) is -4.18. The van der Waals surface area contributed by atoms with E-state index in [2.05, 4.69) is 9.44 Å². The number of rotatable bonds is 6. The molecular weight excluding hydrogens is 501 g/mol. The van der Waals surface area contributed by atoms with Crippen molar-refractivity contribution in [2.75, 3.05) is 9.44 Å². The molecule has 6 nitrogen and oxygen atoms in total. The minimum Gasteiger partial charge on any atom is -0.588 e. The second-order valence-corrected chi connectivity index (χ2v) is 10.1. The molecule has 0 aliphatic carbocycles. The SMILES string of the molecule is O=S(=O)(Nc1cc(Cl)ccc1N[S+]([O-])c1ccc(C(F)(F)F)cc1)c1cc2ccccc2o1. The summed E-state index contributed by atoms with van der Waals surface area (Å²) in [6.45, 7) is 0. The Morgan fingerprint density at radius 1 is 0.939 bits per heavy atom. The number of hydrogen-bond donors (Lipinski definition) is 2. The van der Waals surface area contributed by atoms with Crippen LogP contribution >= 0.6 is 11.6 Å². The van der Waals surface area contributed by atoms with E-state index in [0.717, 1.165) is 24.3 Å². The van der Waals surface area contributed by atoms with E-state index in [1.54, 1.807) is 24.3 Å². The lowest BCUT2D eigenvalue weighted by Gasteiger charge is -2.16. The van der Waals surface area contributed by atoms with E-state index < -0.39 is 33.1 Å². The summed E-state index contributed by atoms with van der Waals surface area (Å²) in [5, 5.41) is 0.451. The highest BCUT2D eigenvalue weighted by atomic mass is 35.5. The number of furan rings is 1. The summed E-state index contributed by atoms with van der Waals surface area (Å²) in [6.07, 6.45) is -4.52. The van der Waals surface area contributed by atoms with E-state index in [0.29, 0.717) is 11.0 Å². The van der Waals surface area contributed by atoms with Gasteiger partial charge < -0.3 is 8.97 Å². The number of para-hydroxylation sites is 1. The van der Waals surface area contributed by atoms with E-state index in [-0.39, 0.29) is 26.4 Å². The Morgan fingerprint density at radius 2 is 1.64 bits per heavy atom. The first-order valence-electron chi connectivity index (χ1n) is 9.19. The van der Waals surface area contributed by atoms with Gasteiger partial charge in [-0.2, -0.15) is 21.6 Å². The summed E-state index contributed by atoms with van der Waals surface area (Å²) in [4.78, 5) is 0.0593. The largest absolute Gasteiger partial charge is 0.588 e. The highest BCUT2D eigenvalue weighted by Gasteiger charge is 2.31. The molecule has 0 amide bonds. The van der Waals surface area contributed by atoms with E-state index in [4.69, 9.17) is 16.0 Å². The molecule has 1 heterocycles. The average molecular weight is 515 g/mol. The number of fused-ring (bicyclic) bond motifs is 1. The first-order chi connectivity index (χ1) is 15.5. The Labute approximate surface area is 194 Å². The fourth-order valence-electron chi connectivity index (χ4n) is 2.90. The second-order valence-electron chi connectivity index (χ2n) is 6.79. The quantitative estimate of drug-likeness (QED) is 0.306. The molecule has 0 spiro atoms. The molecular formula is C21H14ClF3N2O4S2. The number of hydrogen-bond acceptors (Lipinski definition) is 5. The van der Waals surface area contributed by atoms with E-state index in [1.807, 2.05) is 0 Å². The standard InChI is InChI=1S/C21H14ClF3N2O4S2/c22-15-7-10-17(26-32(28)16-8-5-14(6-9-16)21(23,24)25)18(12-15)27-33(29,30)20-11-13-3-1-2-4-19(13)31-20/h1-12,26-27H. The van der Waals surface area contributed by atoms with E-state index in [1.165, 1.54) is 24.3 Å². The van der Waals surface area contributed by atoms with Crippen molar-refractivity contribution in [1.29, 1.82) is 0 Å². The molecule has 0 saturated heterocycles. The number of nitrogens with one attached hydrogen (secondary N) is 2. The maximum absolute atomic E-state index is 12.9. The molecule has 0 radical (unpaired) electrons. The normalized spacial score (nSPS) is 13.1. The fourth-order valence-corrected chi connectivity index (χ4v) is 4.99. The zero-order valence-electron chi connectivity index (χ0n) is 16.4. The predicted molar refractivity (Wildman–Crippen MR) is 120 cm³/mol. The Morgan fingerprint density at radius 3 is 2.30 bits per heavy atom. The van der Waals surface area contributed by atoms with Gasteiger partial charge in [0.25, 0.3) is 10.0 Å². The van der Waals surface area contributed by atoms with Crippen LogP contribution in [-0.4, -0.2) is 13.0 Å². The van der Waals surface area contributed by atoms with Gasteiger partial charge in [-0.05, 0) is 48.5 Å². The molecule has 12 heteroatoms. The lowest BCUT2D eigenvalue weighted by molar-refractivity contribution is -0.137. The molecule has 0 bridgehead atoms. The van der Waals surface area contributed by atoms with Crippen molar-refractivity contribution in [3.05, 3.63) is 83.4 Å². The van der Waals surface area contributed by atoms with Crippen molar-refractivity contribution in [3.8, 4) is 0 Å². The monoisotopic (exact) mass is 514 g/mol. The van der Waals surface area contributed by atoms with Crippen LogP contribution in [-0.2, 0) is 27.6 Å². The first-order valence-corrected chi connectivity index (χ1v) is 12.2. The third kappa shape index (κ3) is 5.22. The second kappa shape index (κ2) is 8.82. The van der Waals surface area contributed by atoms with Crippen LogP contribution in [0.1, 0.15) is 5.56 Å². The molecule has 33 heavy (non-hydrogen) atoms. The van der Waals surface area contributed by atoms with Crippen molar-refractivity contribution in [2.24, 2.45) is 0 Å². The minimum absolute atomic E-state index is 0.0248. The molecule has 2 N–H and O–H groups in total.